The van der Waals surface area contributed by atoms with Crippen molar-refractivity contribution in [1.82, 2.24) is 9.21 Å². The number of aryl methyl sites for hydroxylation is 1. The molecule has 1 aliphatic heterocycles. The second-order valence-electron chi connectivity index (χ2n) is 8.55. The number of nitrogens with one attached hydrogen (secondary N) is 1. The van der Waals surface area contributed by atoms with Crippen LogP contribution in [0.2, 0.25) is 0 Å². The summed E-state index contributed by atoms with van der Waals surface area (Å²) < 4.78 is 46.3. The minimum absolute atomic E-state index is 0.0865. The number of sulfonamides is 1. The Kier molecular flexibility index (Phi) is 8.06. The van der Waals surface area contributed by atoms with Crippen molar-refractivity contribution in [3.8, 4) is 0 Å². The van der Waals surface area contributed by atoms with Gasteiger partial charge in [-0.25, -0.2) is 17.1 Å². The average Bonchev–Trinajstić information content (AvgIpc) is 3.29. The van der Waals surface area contributed by atoms with Crippen molar-refractivity contribution in [2.24, 2.45) is 0 Å². The van der Waals surface area contributed by atoms with E-state index in [2.05, 4.69) is 5.32 Å². The van der Waals surface area contributed by atoms with E-state index in [0.29, 0.717) is 18.7 Å². The van der Waals surface area contributed by atoms with E-state index in [1.165, 1.54) is 19.0 Å². The highest BCUT2D eigenvalue weighted by Crippen LogP contribution is 2.22. The Hall–Kier alpha value is -2.82. The predicted octanol–water partition coefficient (Wildman–Crippen LogP) is 2.95. The zero-order valence-corrected chi connectivity index (χ0v) is 20.6. The van der Waals surface area contributed by atoms with Gasteiger partial charge in [0.15, 0.2) is 0 Å². The fourth-order valence-corrected chi connectivity index (χ4v) is 4.64. The number of carbonyl (C=O) groups is 2. The van der Waals surface area contributed by atoms with Crippen molar-refractivity contribution in [2.45, 2.75) is 37.7 Å². The molecule has 0 aliphatic carbocycles. The van der Waals surface area contributed by atoms with Crippen LogP contribution < -0.4 is 5.32 Å². The van der Waals surface area contributed by atoms with Gasteiger partial charge in [-0.1, -0.05) is 12.1 Å². The maximum atomic E-state index is 14.7. The highest BCUT2D eigenvalue weighted by atomic mass is 32.2. The number of benzene rings is 2. The number of hydrogen-bond donors (Lipinski definition) is 1. The van der Waals surface area contributed by atoms with Crippen molar-refractivity contribution in [3.63, 3.8) is 0 Å². The molecule has 1 aliphatic rings. The summed E-state index contributed by atoms with van der Waals surface area (Å²) in [6.45, 7) is 4.10. The quantitative estimate of drug-likeness (QED) is 0.613. The highest BCUT2D eigenvalue weighted by Gasteiger charge is 2.28. The fraction of sp³-hybridized carbons (Fsp3) is 0.417. The van der Waals surface area contributed by atoms with Gasteiger partial charge in [0.25, 0.3) is 5.91 Å². The van der Waals surface area contributed by atoms with E-state index in [1.54, 1.807) is 6.07 Å². The minimum Gasteiger partial charge on any atom is -0.376 e. The third-order valence-electron chi connectivity index (χ3n) is 5.90. The molecule has 184 valence electrons. The van der Waals surface area contributed by atoms with Gasteiger partial charge in [-0.3, -0.25) is 9.59 Å². The van der Waals surface area contributed by atoms with Gasteiger partial charge in [-0.05, 0) is 62.1 Å². The summed E-state index contributed by atoms with van der Waals surface area (Å²) in [6, 6.07) is 8.58. The average molecular weight is 492 g/mol. The Morgan fingerprint density at radius 2 is 1.91 bits per heavy atom. The van der Waals surface area contributed by atoms with Crippen LogP contribution in [0.1, 0.15) is 34.3 Å². The molecule has 2 aromatic carbocycles. The van der Waals surface area contributed by atoms with Crippen LogP contribution in [0.25, 0.3) is 0 Å². The SMILES string of the molecule is Cc1cccc(NC(=O)CN(C[C@H]2CCCO2)C(=O)c2cc(S(=O)(=O)N(C)C)ccc2F)c1C. The van der Waals surface area contributed by atoms with E-state index in [1.807, 2.05) is 26.0 Å². The van der Waals surface area contributed by atoms with Gasteiger partial charge >= 0.3 is 0 Å². The maximum Gasteiger partial charge on any atom is 0.257 e. The van der Waals surface area contributed by atoms with Gasteiger partial charge in [-0.2, -0.15) is 0 Å². The number of nitrogens with zero attached hydrogens (tertiary/aromatic N) is 2. The van der Waals surface area contributed by atoms with Crippen LogP contribution in [0.5, 0.6) is 0 Å². The molecule has 1 atom stereocenters. The Balaban J connectivity index is 1.89. The first-order valence-corrected chi connectivity index (χ1v) is 12.4. The monoisotopic (exact) mass is 491 g/mol. The molecule has 34 heavy (non-hydrogen) atoms. The molecule has 3 rings (SSSR count). The van der Waals surface area contributed by atoms with Crippen LogP contribution >= 0.6 is 0 Å². The summed E-state index contributed by atoms with van der Waals surface area (Å²) in [5.41, 5.74) is 2.12. The van der Waals surface area contributed by atoms with Gasteiger partial charge in [-0.15, -0.1) is 0 Å². The number of carbonyl (C=O) groups excluding carboxylic acids is 2. The van der Waals surface area contributed by atoms with Gasteiger partial charge < -0.3 is 15.0 Å². The maximum absolute atomic E-state index is 14.7. The first-order chi connectivity index (χ1) is 16.0. The molecule has 10 heteroatoms. The van der Waals surface area contributed by atoms with E-state index in [0.717, 1.165) is 40.1 Å². The van der Waals surface area contributed by atoms with Crippen molar-refractivity contribution in [1.29, 1.82) is 0 Å². The predicted molar refractivity (Wildman–Crippen MR) is 127 cm³/mol. The van der Waals surface area contributed by atoms with Crippen LogP contribution in [0, 0.1) is 19.7 Å². The lowest BCUT2D eigenvalue weighted by Gasteiger charge is -2.26. The van der Waals surface area contributed by atoms with Crippen molar-refractivity contribution in [3.05, 3.63) is 58.9 Å². The second kappa shape index (κ2) is 10.6. The van der Waals surface area contributed by atoms with Gasteiger partial charge in [0.05, 0.1) is 16.6 Å². The molecule has 0 unspecified atom stereocenters. The summed E-state index contributed by atoms with van der Waals surface area (Å²) >= 11 is 0. The molecular formula is C24H30FN3O5S. The molecule has 1 heterocycles. The minimum atomic E-state index is -3.88. The van der Waals surface area contributed by atoms with Crippen LogP contribution in [0.4, 0.5) is 10.1 Å². The van der Waals surface area contributed by atoms with E-state index in [9.17, 15) is 22.4 Å². The van der Waals surface area contributed by atoms with E-state index in [-0.39, 0.29) is 24.1 Å². The van der Waals surface area contributed by atoms with Gasteiger partial charge in [0.1, 0.15) is 12.4 Å². The number of halogens is 1. The molecule has 0 radical (unpaired) electrons. The molecule has 1 N–H and O–H groups in total. The topological polar surface area (TPSA) is 96.0 Å². The van der Waals surface area contributed by atoms with Gasteiger partial charge in [0.2, 0.25) is 15.9 Å². The molecule has 2 amide bonds. The normalized spacial score (nSPS) is 16.0. The number of amides is 2. The number of ether oxygens (including phenoxy) is 1. The smallest absolute Gasteiger partial charge is 0.257 e. The zero-order valence-electron chi connectivity index (χ0n) is 19.8. The Morgan fingerprint density at radius 3 is 2.56 bits per heavy atom. The third-order valence-corrected chi connectivity index (χ3v) is 7.71. The Bertz CT molecular complexity index is 1180. The van der Waals surface area contributed by atoms with E-state index in [4.69, 9.17) is 4.74 Å². The van der Waals surface area contributed by atoms with Gasteiger partial charge in [0, 0.05) is 32.9 Å². The second-order valence-corrected chi connectivity index (χ2v) is 10.7. The summed E-state index contributed by atoms with van der Waals surface area (Å²) in [5.74, 6) is -2.09. The van der Waals surface area contributed by atoms with Crippen LogP contribution in [0.3, 0.4) is 0 Å². The van der Waals surface area contributed by atoms with Crippen molar-refractivity contribution < 1.29 is 27.1 Å². The molecular weight excluding hydrogens is 461 g/mol. The van der Waals surface area contributed by atoms with Crippen LogP contribution in [0.15, 0.2) is 41.3 Å². The van der Waals surface area contributed by atoms with E-state index >= 15 is 0 Å². The summed E-state index contributed by atoms with van der Waals surface area (Å²) in [4.78, 5) is 27.2. The molecule has 1 fully saturated rings. The summed E-state index contributed by atoms with van der Waals surface area (Å²) in [6.07, 6.45) is 1.25. The van der Waals surface area contributed by atoms with Crippen LogP contribution in [-0.2, 0) is 19.6 Å². The first-order valence-electron chi connectivity index (χ1n) is 11.0. The standard InChI is InChI=1S/C24H30FN3O5S/c1-16-7-5-9-22(17(16)2)26-23(29)15-28(14-18-8-6-12-33-18)24(30)20-13-19(10-11-21(20)25)34(31,32)27(3)4/h5,7,9-11,13,18H,6,8,12,14-15H2,1-4H3,(H,26,29)/t18-/m1/s1. The third kappa shape index (κ3) is 5.81. The molecule has 1 saturated heterocycles. The molecule has 0 bridgehead atoms. The number of hydrogen-bond acceptors (Lipinski definition) is 5. The Morgan fingerprint density at radius 1 is 1.18 bits per heavy atom. The van der Waals surface area contributed by atoms with Crippen LogP contribution in [-0.4, -0.2) is 69.3 Å². The van der Waals surface area contributed by atoms with Crippen molar-refractivity contribution in [2.75, 3.05) is 39.1 Å². The van der Waals surface area contributed by atoms with E-state index < -0.39 is 33.2 Å². The zero-order chi connectivity index (χ0) is 25.0. The highest BCUT2D eigenvalue weighted by molar-refractivity contribution is 7.89. The first kappa shape index (κ1) is 25.8. The lowest BCUT2D eigenvalue weighted by atomic mass is 10.1. The lowest BCUT2D eigenvalue weighted by Crippen LogP contribution is -2.42. The lowest BCUT2D eigenvalue weighted by molar-refractivity contribution is -0.117. The van der Waals surface area contributed by atoms with Crippen molar-refractivity contribution >= 4 is 27.5 Å². The number of anilines is 1. The number of rotatable bonds is 8. The molecule has 0 saturated carbocycles. The fourth-order valence-electron chi connectivity index (χ4n) is 3.71. The summed E-state index contributed by atoms with van der Waals surface area (Å²) in [7, 11) is -1.18. The molecule has 0 spiro atoms. The molecule has 8 nitrogen and oxygen atoms in total. The summed E-state index contributed by atoms with van der Waals surface area (Å²) in [5, 5.41) is 2.81. The Labute approximate surface area is 199 Å². The molecule has 2 aromatic rings. The largest absolute Gasteiger partial charge is 0.376 e. The molecule has 0 aromatic heterocycles.